The van der Waals surface area contributed by atoms with Crippen LogP contribution in [0.25, 0.3) is 11.1 Å². The smallest absolute Gasteiger partial charge is 0.337 e. The van der Waals surface area contributed by atoms with E-state index in [-0.39, 0.29) is 12.3 Å². The van der Waals surface area contributed by atoms with Crippen LogP contribution in [-0.2, 0) is 27.3 Å². The van der Waals surface area contributed by atoms with Crippen molar-refractivity contribution in [1.29, 1.82) is 0 Å². The minimum atomic E-state index is -1.20. The third kappa shape index (κ3) is 5.19. The summed E-state index contributed by atoms with van der Waals surface area (Å²) in [5.74, 6) is -0.556. The molecule has 1 aromatic heterocycles. The number of hydrogen-bond donors (Lipinski definition) is 1. The van der Waals surface area contributed by atoms with Crippen LogP contribution in [0.15, 0.2) is 48.5 Å². The van der Waals surface area contributed by atoms with Crippen molar-refractivity contribution < 1.29 is 19.4 Å². The highest BCUT2D eigenvalue weighted by atomic mass is 16.5. The maximum Gasteiger partial charge on any atom is 0.337 e. The van der Waals surface area contributed by atoms with Gasteiger partial charge < -0.3 is 9.84 Å². The van der Waals surface area contributed by atoms with E-state index in [1.165, 1.54) is 0 Å². The number of rotatable bonds is 6. The first-order valence-corrected chi connectivity index (χ1v) is 12.3. The van der Waals surface area contributed by atoms with Crippen molar-refractivity contribution in [3.05, 3.63) is 82.0 Å². The molecule has 2 heterocycles. The third-order valence-corrected chi connectivity index (χ3v) is 6.58. The Kier molecular flexibility index (Phi) is 7.01. The first-order chi connectivity index (χ1) is 17.0. The average Bonchev–Trinajstić information content (AvgIpc) is 2.81. The molecule has 0 saturated carbocycles. The standard InChI is InChI=1S/C30H34N2O4/c1-18-12-13-22(16-19(18)2)25-20(3)31-28-23(26(25)27(29(34)35)36-30(4,5)6)14-15-24(33)32(28)17-21-10-8-7-9-11-21/h7-13,16,27H,14-15,17H2,1-6H3,(H,34,35). The number of anilines is 1. The quantitative estimate of drug-likeness (QED) is 0.456. The molecule has 0 saturated heterocycles. The van der Waals surface area contributed by atoms with E-state index in [4.69, 9.17) is 9.72 Å². The minimum Gasteiger partial charge on any atom is -0.479 e. The molecule has 3 aromatic rings. The molecule has 0 aliphatic carbocycles. The van der Waals surface area contributed by atoms with Crippen molar-refractivity contribution in [2.75, 3.05) is 4.90 Å². The van der Waals surface area contributed by atoms with E-state index < -0.39 is 17.7 Å². The molecule has 0 radical (unpaired) electrons. The molecule has 1 aliphatic rings. The molecular weight excluding hydrogens is 452 g/mol. The minimum absolute atomic E-state index is 0.0215. The lowest BCUT2D eigenvalue weighted by Gasteiger charge is -2.34. The van der Waals surface area contributed by atoms with E-state index >= 15 is 0 Å². The third-order valence-electron chi connectivity index (χ3n) is 6.58. The van der Waals surface area contributed by atoms with Crippen LogP contribution in [0.4, 0.5) is 5.82 Å². The molecule has 1 aliphatic heterocycles. The number of ether oxygens (including phenoxy) is 1. The van der Waals surface area contributed by atoms with Gasteiger partial charge in [-0.05, 0) is 70.2 Å². The summed E-state index contributed by atoms with van der Waals surface area (Å²) in [6.07, 6.45) is -0.507. The van der Waals surface area contributed by atoms with Crippen LogP contribution in [0.2, 0.25) is 0 Å². The normalized spacial score (nSPS) is 14.5. The van der Waals surface area contributed by atoms with Crippen molar-refractivity contribution in [2.45, 2.75) is 72.6 Å². The molecule has 1 unspecified atom stereocenters. The van der Waals surface area contributed by atoms with Gasteiger partial charge in [0, 0.05) is 28.8 Å². The number of hydrogen-bond acceptors (Lipinski definition) is 4. The number of aliphatic carboxylic acids is 1. The van der Waals surface area contributed by atoms with Crippen molar-refractivity contribution in [3.63, 3.8) is 0 Å². The molecule has 6 heteroatoms. The highest BCUT2D eigenvalue weighted by molar-refractivity contribution is 5.97. The van der Waals surface area contributed by atoms with Gasteiger partial charge in [0.2, 0.25) is 5.91 Å². The molecule has 0 fully saturated rings. The summed E-state index contributed by atoms with van der Waals surface area (Å²) in [5.41, 5.74) is 6.25. The molecule has 4 rings (SSSR count). The lowest BCUT2D eigenvalue weighted by molar-refractivity contribution is -0.160. The van der Waals surface area contributed by atoms with Crippen molar-refractivity contribution >= 4 is 17.7 Å². The number of aromatic nitrogens is 1. The monoisotopic (exact) mass is 486 g/mol. The summed E-state index contributed by atoms with van der Waals surface area (Å²) in [5, 5.41) is 10.4. The maximum atomic E-state index is 13.1. The molecule has 0 spiro atoms. The van der Waals surface area contributed by atoms with E-state index in [1.54, 1.807) is 4.90 Å². The summed E-state index contributed by atoms with van der Waals surface area (Å²) in [7, 11) is 0. The number of carbonyl (C=O) groups excluding carboxylic acids is 1. The van der Waals surface area contributed by atoms with Gasteiger partial charge in [-0.1, -0.05) is 48.5 Å². The molecule has 1 atom stereocenters. The van der Waals surface area contributed by atoms with Gasteiger partial charge in [0.15, 0.2) is 6.10 Å². The highest BCUT2D eigenvalue weighted by Gasteiger charge is 2.37. The Bertz CT molecular complexity index is 1310. The van der Waals surface area contributed by atoms with Crippen molar-refractivity contribution in [2.24, 2.45) is 0 Å². The number of benzene rings is 2. The lowest BCUT2D eigenvalue weighted by Crippen LogP contribution is -2.37. The molecule has 36 heavy (non-hydrogen) atoms. The second-order valence-electron chi connectivity index (χ2n) is 10.5. The Morgan fingerprint density at radius 3 is 2.36 bits per heavy atom. The predicted molar refractivity (Wildman–Crippen MR) is 141 cm³/mol. The lowest BCUT2D eigenvalue weighted by atomic mass is 9.86. The molecule has 1 amide bonds. The van der Waals surface area contributed by atoms with Gasteiger partial charge in [-0.2, -0.15) is 0 Å². The number of aryl methyl sites for hydroxylation is 3. The number of carboxylic acid groups (broad SMARTS) is 1. The second kappa shape index (κ2) is 9.86. The Balaban J connectivity index is 1.99. The molecular formula is C30H34N2O4. The van der Waals surface area contributed by atoms with Crippen molar-refractivity contribution in [1.82, 2.24) is 4.98 Å². The number of amides is 1. The highest BCUT2D eigenvalue weighted by Crippen LogP contribution is 2.43. The fourth-order valence-electron chi connectivity index (χ4n) is 4.77. The van der Waals surface area contributed by atoms with Crippen LogP contribution < -0.4 is 4.90 Å². The first kappa shape index (κ1) is 25.6. The molecule has 188 valence electrons. The summed E-state index contributed by atoms with van der Waals surface area (Å²) in [4.78, 5) is 32.4. The van der Waals surface area contributed by atoms with Gasteiger partial charge in [-0.15, -0.1) is 0 Å². The van der Waals surface area contributed by atoms with Crippen LogP contribution >= 0.6 is 0 Å². The van der Waals surface area contributed by atoms with Gasteiger partial charge >= 0.3 is 5.97 Å². The Hall–Kier alpha value is -3.51. The number of carboxylic acids is 1. The van der Waals surface area contributed by atoms with E-state index in [0.29, 0.717) is 30.0 Å². The largest absolute Gasteiger partial charge is 0.479 e. The van der Waals surface area contributed by atoms with Crippen molar-refractivity contribution in [3.8, 4) is 11.1 Å². The molecule has 6 nitrogen and oxygen atoms in total. The first-order valence-electron chi connectivity index (χ1n) is 12.3. The van der Waals surface area contributed by atoms with Gasteiger partial charge in [0.05, 0.1) is 12.1 Å². The molecule has 1 N–H and O–H groups in total. The van der Waals surface area contributed by atoms with Crippen LogP contribution in [0, 0.1) is 20.8 Å². The summed E-state index contributed by atoms with van der Waals surface area (Å²) < 4.78 is 6.17. The summed E-state index contributed by atoms with van der Waals surface area (Å²) in [6.45, 7) is 11.9. The van der Waals surface area contributed by atoms with Crippen LogP contribution in [0.3, 0.4) is 0 Å². The Morgan fingerprint density at radius 2 is 1.75 bits per heavy atom. The fraction of sp³-hybridized carbons (Fsp3) is 0.367. The summed E-state index contributed by atoms with van der Waals surface area (Å²) in [6, 6.07) is 15.9. The van der Waals surface area contributed by atoms with E-state index in [1.807, 2.05) is 84.0 Å². The SMILES string of the molecule is Cc1ccc(-c2c(C)nc3c(c2C(OC(C)(C)C)C(=O)O)CCC(=O)N3Cc2ccccc2)cc1C. The van der Waals surface area contributed by atoms with Gasteiger partial charge in [-0.3, -0.25) is 9.69 Å². The maximum absolute atomic E-state index is 13.1. The van der Waals surface area contributed by atoms with E-state index in [0.717, 1.165) is 33.4 Å². The number of pyridine rings is 1. The number of fused-ring (bicyclic) bond motifs is 1. The average molecular weight is 487 g/mol. The van der Waals surface area contributed by atoms with Gasteiger partial charge in [0.25, 0.3) is 0 Å². The van der Waals surface area contributed by atoms with Gasteiger partial charge in [-0.25, -0.2) is 9.78 Å². The number of carbonyl (C=O) groups is 2. The summed E-state index contributed by atoms with van der Waals surface area (Å²) >= 11 is 0. The topological polar surface area (TPSA) is 79.7 Å². The zero-order valence-corrected chi connectivity index (χ0v) is 21.9. The van der Waals surface area contributed by atoms with Crippen LogP contribution in [-0.4, -0.2) is 27.6 Å². The molecule has 2 aromatic carbocycles. The fourth-order valence-corrected chi connectivity index (χ4v) is 4.77. The number of nitrogens with zero attached hydrogens (tertiary/aromatic N) is 2. The van der Waals surface area contributed by atoms with E-state index in [9.17, 15) is 14.7 Å². The Morgan fingerprint density at radius 1 is 1.06 bits per heavy atom. The van der Waals surface area contributed by atoms with E-state index in [2.05, 4.69) is 6.07 Å². The zero-order chi connectivity index (χ0) is 26.2. The van der Waals surface area contributed by atoms with Gasteiger partial charge in [0.1, 0.15) is 5.82 Å². The zero-order valence-electron chi connectivity index (χ0n) is 21.9. The predicted octanol–water partition coefficient (Wildman–Crippen LogP) is 6.09. The Labute approximate surface area is 212 Å². The molecule has 0 bridgehead atoms. The van der Waals surface area contributed by atoms with Crippen LogP contribution in [0.1, 0.15) is 66.8 Å². The van der Waals surface area contributed by atoms with Crippen LogP contribution in [0.5, 0.6) is 0 Å². The second-order valence-corrected chi connectivity index (χ2v) is 10.5.